The van der Waals surface area contributed by atoms with Crippen molar-refractivity contribution in [3.8, 4) is 16.9 Å². The molecule has 0 radical (unpaired) electrons. The first-order valence-corrected chi connectivity index (χ1v) is 4.83. The van der Waals surface area contributed by atoms with Gasteiger partial charge in [-0.25, -0.2) is 8.78 Å². The molecule has 82 valence electrons. The molecule has 16 heavy (non-hydrogen) atoms. The molecule has 2 aromatic carbocycles. The molecule has 0 unspecified atom stereocenters. The number of phenols is 1. The molecule has 0 saturated heterocycles. The lowest BCUT2D eigenvalue weighted by molar-refractivity contribution is 0.476. The van der Waals surface area contributed by atoms with Crippen molar-refractivity contribution in [2.75, 3.05) is 0 Å². The van der Waals surface area contributed by atoms with Gasteiger partial charge in [-0.2, -0.15) is 0 Å². The topological polar surface area (TPSA) is 20.2 Å². The van der Waals surface area contributed by atoms with Crippen molar-refractivity contribution in [3.05, 3.63) is 53.6 Å². The lowest BCUT2D eigenvalue weighted by Gasteiger charge is -2.07. The Hall–Kier alpha value is -1.90. The third kappa shape index (κ3) is 1.89. The van der Waals surface area contributed by atoms with Crippen LogP contribution in [0.5, 0.6) is 5.75 Å². The highest BCUT2D eigenvalue weighted by Crippen LogP contribution is 2.31. The van der Waals surface area contributed by atoms with Crippen LogP contribution in [0.1, 0.15) is 5.56 Å². The van der Waals surface area contributed by atoms with E-state index in [-0.39, 0.29) is 11.3 Å². The molecule has 0 saturated carbocycles. The van der Waals surface area contributed by atoms with Gasteiger partial charge in [0.05, 0.1) is 0 Å². The highest BCUT2D eigenvalue weighted by Gasteiger charge is 2.10. The number of aryl methyl sites for hydroxylation is 1. The fourth-order valence-corrected chi connectivity index (χ4v) is 1.57. The van der Waals surface area contributed by atoms with E-state index in [9.17, 15) is 13.9 Å². The van der Waals surface area contributed by atoms with Crippen LogP contribution in [0.4, 0.5) is 8.78 Å². The molecule has 0 aliphatic heterocycles. The maximum atomic E-state index is 13.5. The van der Waals surface area contributed by atoms with Gasteiger partial charge in [0, 0.05) is 17.2 Å². The van der Waals surface area contributed by atoms with Gasteiger partial charge in [0.25, 0.3) is 0 Å². The van der Waals surface area contributed by atoms with Gasteiger partial charge in [-0.3, -0.25) is 0 Å². The van der Waals surface area contributed by atoms with Gasteiger partial charge in [-0.1, -0.05) is 11.6 Å². The van der Waals surface area contributed by atoms with Crippen LogP contribution >= 0.6 is 0 Å². The maximum Gasteiger partial charge on any atom is 0.134 e. The number of hydrogen-bond acceptors (Lipinski definition) is 1. The van der Waals surface area contributed by atoms with Crippen LogP contribution in [0.3, 0.4) is 0 Å². The first-order valence-electron chi connectivity index (χ1n) is 4.83. The second-order valence-electron chi connectivity index (χ2n) is 3.64. The summed E-state index contributed by atoms with van der Waals surface area (Å²) in [6.07, 6.45) is 0. The van der Waals surface area contributed by atoms with E-state index >= 15 is 0 Å². The molecule has 0 heterocycles. The Balaban J connectivity index is 2.62. The Labute approximate surface area is 92.0 Å². The number of phenolic OH excluding ortho intramolecular Hbond substituents is 1. The quantitative estimate of drug-likeness (QED) is 0.777. The zero-order valence-electron chi connectivity index (χ0n) is 8.67. The molecule has 0 aromatic heterocycles. The minimum atomic E-state index is -0.680. The highest BCUT2D eigenvalue weighted by atomic mass is 19.1. The largest absolute Gasteiger partial charge is 0.507 e. The second kappa shape index (κ2) is 3.93. The molecule has 0 atom stereocenters. The minimum Gasteiger partial charge on any atom is -0.507 e. The van der Waals surface area contributed by atoms with Crippen molar-refractivity contribution >= 4 is 0 Å². The first-order chi connectivity index (χ1) is 7.58. The van der Waals surface area contributed by atoms with Crippen molar-refractivity contribution in [3.63, 3.8) is 0 Å². The van der Waals surface area contributed by atoms with Crippen molar-refractivity contribution in [1.29, 1.82) is 0 Å². The van der Waals surface area contributed by atoms with E-state index in [2.05, 4.69) is 0 Å². The Morgan fingerprint density at radius 2 is 1.69 bits per heavy atom. The summed E-state index contributed by atoms with van der Waals surface area (Å²) in [6.45, 7) is 1.84. The van der Waals surface area contributed by atoms with Gasteiger partial charge in [-0.15, -0.1) is 0 Å². The van der Waals surface area contributed by atoms with Crippen LogP contribution in [0.15, 0.2) is 36.4 Å². The zero-order chi connectivity index (χ0) is 11.7. The molecular formula is C13H10F2O. The minimum absolute atomic E-state index is 0.0175. The molecule has 0 spiro atoms. The molecule has 0 aliphatic rings. The zero-order valence-corrected chi connectivity index (χ0v) is 8.67. The lowest BCUT2D eigenvalue weighted by Crippen LogP contribution is -1.87. The van der Waals surface area contributed by atoms with Crippen LogP contribution in [0.25, 0.3) is 11.1 Å². The summed E-state index contributed by atoms with van der Waals surface area (Å²) >= 11 is 0. The van der Waals surface area contributed by atoms with Gasteiger partial charge in [-0.05, 0) is 31.2 Å². The number of aromatic hydroxyl groups is 1. The molecule has 3 heteroatoms. The van der Waals surface area contributed by atoms with Gasteiger partial charge in [0.15, 0.2) is 0 Å². The van der Waals surface area contributed by atoms with E-state index in [1.165, 1.54) is 18.2 Å². The lowest BCUT2D eigenvalue weighted by atomic mass is 10.0. The van der Waals surface area contributed by atoms with Gasteiger partial charge in [0.2, 0.25) is 0 Å². The number of halogens is 2. The van der Waals surface area contributed by atoms with Crippen LogP contribution in [0, 0.1) is 18.6 Å². The van der Waals surface area contributed by atoms with Crippen molar-refractivity contribution in [1.82, 2.24) is 0 Å². The third-order valence-corrected chi connectivity index (χ3v) is 2.37. The van der Waals surface area contributed by atoms with Crippen LogP contribution < -0.4 is 0 Å². The van der Waals surface area contributed by atoms with Crippen LogP contribution in [0.2, 0.25) is 0 Å². The maximum absolute atomic E-state index is 13.5. The summed E-state index contributed by atoms with van der Waals surface area (Å²) < 4.78 is 26.2. The Bertz CT molecular complexity index is 535. The third-order valence-electron chi connectivity index (χ3n) is 2.37. The molecule has 1 N–H and O–H groups in total. The van der Waals surface area contributed by atoms with Crippen molar-refractivity contribution < 1.29 is 13.9 Å². The Morgan fingerprint density at radius 1 is 0.938 bits per heavy atom. The van der Waals surface area contributed by atoms with Crippen LogP contribution in [-0.4, -0.2) is 5.11 Å². The fourth-order valence-electron chi connectivity index (χ4n) is 1.57. The Morgan fingerprint density at radius 3 is 2.38 bits per heavy atom. The summed E-state index contributed by atoms with van der Waals surface area (Å²) in [4.78, 5) is 0. The smallest absolute Gasteiger partial charge is 0.134 e. The van der Waals surface area contributed by atoms with Crippen molar-refractivity contribution in [2.45, 2.75) is 6.92 Å². The average molecular weight is 220 g/mol. The van der Waals surface area contributed by atoms with E-state index < -0.39 is 11.6 Å². The summed E-state index contributed by atoms with van der Waals surface area (Å²) in [5, 5.41) is 9.62. The summed E-state index contributed by atoms with van der Waals surface area (Å²) in [5.41, 5.74) is 1.47. The molecule has 0 amide bonds. The van der Waals surface area contributed by atoms with E-state index in [4.69, 9.17) is 0 Å². The van der Waals surface area contributed by atoms with Crippen LogP contribution in [-0.2, 0) is 0 Å². The Kier molecular flexibility index (Phi) is 2.60. The summed E-state index contributed by atoms with van der Waals surface area (Å²) in [6, 6.07) is 8.16. The second-order valence-corrected chi connectivity index (χ2v) is 3.64. The van der Waals surface area contributed by atoms with Gasteiger partial charge in [0.1, 0.15) is 17.4 Å². The molecule has 0 fully saturated rings. The summed E-state index contributed by atoms with van der Waals surface area (Å²) in [5.74, 6) is -1.33. The number of benzene rings is 2. The predicted molar refractivity (Wildman–Crippen MR) is 58.2 cm³/mol. The van der Waals surface area contributed by atoms with E-state index in [1.807, 2.05) is 6.92 Å². The molecule has 0 bridgehead atoms. The van der Waals surface area contributed by atoms with E-state index in [1.54, 1.807) is 12.1 Å². The van der Waals surface area contributed by atoms with Gasteiger partial charge >= 0.3 is 0 Å². The number of hydrogen-bond donors (Lipinski definition) is 1. The summed E-state index contributed by atoms with van der Waals surface area (Å²) in [7, 11) is 0. The molecular weight excluding hydrogens is 210 g/mol. The SMILES string of the molecule is Cc1ccc(O)c(-c2ccc(F)cc2F)c1. The fraction of sp³-hybridized carbons (Fsp3) is 0.0769. The van der Waals surface area contributed by atoms with Gasteiger partial charge < -0.3 is 5.11 Å². The van der Waals surface area contributed by atoms with Crippen molar-refractivity contribution in [2.24, 2.45) is 0 Å². The van der Waals surface area contributed by atoms with E-state index in [0.717, 1.165) is 11.6 Å². The monoisotopic (exact) mass is 220 g/mol. The highest BCUT2D eigenvalue weighted by molar-refractivity contribution is 5.71. The first kappa shape index (κ1) is 10.6. The normalized spacial score (nSPS) is 10.4. The van der Waals surface area contributed by atoms with E-state index in [0.29, 0.717) is 5.56 Å². The molecule has 2 rings (SSSR count). The average Bonchev–Trinajstić information content (AvgIpc) is 2.22. The molecule has 0 aliphatic carbocycles. The molecule has 1 nitrogen and oxygen atoms in total. The predicted octanol–water partition coefficient (Wildman–Crippen LogP) is 3.65. The number of rotatable bonds is 1. The standard InChI is InChI=1S/C13H10F2O/c1-8-2-5-13(16)11(6-8)10-4-3-9(14)7-12(10)15/h2-7,16H,1H3. The molecule has 2 aromatic rings.